The molecule has 0 aromatic heterocycles. The number of benzene rings is 2. The molecule has 2 rings (SSSR count). The average molecular weight is 591 g/mol. The van der Waals surface area contributed by atoms with Crippen molar-refractivity contribution in [3.63, 3.8) is 0 Å². The summed E-state index contributed by atoms with van der Waals surface area (Å²) in [6.07, 6.45) is -1.51. The quantitative estimate of drug-likeness (QED) is 0.173. The molecule has 0 bridgehead atoms. The zero-order valence-corrected chi connectivity index (χ0v) is 25.6. The second kappa shape index (κ2) is 16.7. The number of phenols is 4. The zero-order valence-electron chi connectivity index (χ0n) is 24.5. The number of β-amino-alcohol motifs (C(OH)–C–C–N with tert-alkyl or cyclic N) is 2. The van der Waals surface area contributed by atoms with Gasteiger partial charge in [-0.2, -0.15) is 8.42 Å². The predicted molar refractivity (Wildman–Crippen MR) is 147 cm³/mol. The monoisotopic (exact) mass is 590 g/mol. The molecule has 2 aromatic carbocycles. The second-order valence-electron chi connectivity index (χ2n) is 10.3. The van der Waals surface area contributed by atoms with Gasteiger partial charge in [-0.05, 0) is 76.9 Å². The van der Waals surface area contributed by atoms with Crippen LogP contribution in [-0.4, -0.2) is 110 Å². The molecule has 0 aliphatic carbocycles. The third-order valence-corrected chi connectivity index (χ3v) is 4.27. The molecule has 0 spiro atoms. The van der Waals surface area contributed by atoms with Gasteiger partial charge in [-0.1, -0.05) is 0 Å². The molecule has 0 aliphatic rings. The van der Waals surface area contributed by atoms with E-state index in [4.69, 9.17) is 17.5 Å². The summed E-state index contributed by atoms with van der Waals surface area (Å²) in [5, 5.41) is 63.1. The van der Waals surface area contributed by atoms with Crippen LogP contribution < -0.4 is 10.6 Å². The summed E-state index contributed by atoms with van der Waals surface area (Å²) in [6, 6.07) is 8.22. The van der Waals surface area contributed by atoms with E-state index in [1.807, 2.05) is 41.5 Å². The number of rotatable bonds is 6. The molecule has 38 heavy (non-hydrogen) atoms. The molecule has 0 aliphatic heterocycles. The number of hydrogen-bond acceptors (Lipinski definition) is 10. The van der Waals surface area contributed by atoms with Gasteiger partial charge in [0, 0.05) is 36.3 Å². The Morgan fingerprint density at radius 1 is 0.658 bits per heavy atom. The molecule has 2 atom stereocenters. The first-order valence-corrected chi connectivity index (χ1v) is 12.6. The van der Waals surface area contributed by atoms with Crippen LogP contribution in [-0.2, 0) is 10.4 Å². The third kappa shape index (κ3) is 21.5. The standard InChI is InChI=1S/2C12H19NO3.Ca.H2O4S.2H/c2*1-12(2,3)13-7-11(16)8-4-9(14)6-10(15)5-8;;1-5(2,3)4;;/h2*4-6,11,13-16H,7H2,1-3H3;;(H2,1,2,3,4);;/q;;+2;;2*-1. The number of aliphatic hydroxyl groups is 2. The fraction of sp³-hybridized carbons (Fsp3) is 0.500. The molecule has 0 heterocycles. The van der Waals surface area contributed by atoms with E-state index in [0.717, 1.165) is 0 Å². The molecule has 0 fully saturated rings. The Morgan fingerprint density at radius 2 is 0.868 bits per heavy atom. The van der Waals surface area contributed by atoms with Gasteiger partial charge in [0.15, 0.2) is 0 Å². The fourth-order valence-electron chi connectivity index (χ4n) is 2.66. The Hall–Kier alpha value is -1.39. The van der Waals surface area contributed by atoms with Crippen molar-refractivity contribution in [3.05, 3.63) is 47.5 Å². The van der Waals surface area contributed by atoms with Crippen molar-refractivity contribution in [3.8, 4) is 23.0 Å². The van der Waals surface area contributed by atoms with Crippen LogP contribution in [0.4, 0.5) is 0 Å². The molecule has 14 heteroatoms. The molecule has 0 saturated heterocycles. The molecule has 0 radical (unpaired) electrons. The Morgan fingerprint density at radius 3 is 1.05 bits per heavy atom. The Balaban J connectivity index is -0.000000261. The van der Waals surface area contributed by atoms with Crippen molar-refractivity contribution in [1.29, 1.82) is 0 Å². The first-order chi connectivity index (χ1) is 16.6. The first-order valence-electron chi connectivity index (χ1n) is 11.2. The minimum atomic E-state index is -4.67. The van der Waals surface area contributed by atoms with Gasteiger partial charge in [-0.3, -0.25) is 9.11 Å². The zero-order chi connectivity index (χ0) is 29.2. The Bertz CT molecular complexity index is 978. The second-order valence-corrected chi connectivity index (χ2v) is 11.2. The van der Waals surface area contributed by atoms with E-state index in [1.54, 1.807) is 0 Å². The smallest absolute Gasteiger partial charge is 1.00 e. The number of aromatic hydroxyl groups is 4. The summed E-state index contributed by atoms with van der Waals surface area (Å²) in [5.74, 6) is -0.204. The Kier molecular flexibility index (Phi) is 17.0. The van der Waals surface area contributed by atoms with Gasteiger partial charge in [0.2, 0.25) is 0 Å². The van der Waals surface area contributed by atoms with Gasteiger partial charge < -0.3 is 44.1 Å². The van der Waals surface area contributed by atoms with E-state index in [0.29, 0.717) is 24.2 Å². The van der Waals surface area contributed by atoms with Gasteiger partial charge in [0.05, 0.1) is 12.2 Å². The van der Waals surface area contributed by atoms with E-state index < -0.39 is 22.6 Å². The van der Waals surface area contributed by atoms with Gasteiger partial charge in [-0.15, -0.1) is 0 Å². The summed E-state index contributed by atoms with van der Waals surface area (Å²) in [5.41, 5.74) is 0.822. The van der Waals surface area contributed by atoms with Crippen molar-refractivity contribution in [1.82, 2.24) is 10.6 Å². The van der Waals surface area contributed by atoms with E-state index in [1.165, 1.54) is 36.4 Å². The van der Waals surface area contributed by atoms with E-state index >= 15 is 0 Å². The van der Waals surface area contributed by atoms with Gasteiger partial charge in [-0.25, -0.2) is 0 Å². The van der Waals surface area contributed by atoms with Crippen molar-refractivity contribution >= 4 is 48.1 Å². The average Bonchev–Trinajstić information content (AvgIpc) is 2.67. The van der Waals surface area contributed by atoms with Crippen LogP contribution in [0.15, 0.2) is 36.4 Å². The van der Waals surface area contributed by atoms with Crippen molar-refractivity contribution in [2.45, 2.75) is 64.8 Å². The van der Waals surface area contributed by atoms with Gasteiger partial charge in [0.25, 0.3) is 0 Å². The van der Waals surface area contributed by atoms with E-state index in [2.05, 4.69) is 10.6 Å². The molecule has 216 valence electrons. The summed E-state index contributed by atoms with van der Waals surface area (Å²) < 4.78 is 31.6. The van der Waals surface area contributed by atoms with Crippen molar-refractivity contribution in [2.24, 2.45) is 0 Å². The normalized spacial score (nSPS) is 13.1. The molecule has 2 aromatic rings. The van der Waals surface area contributed by atoms with Crippen LogP contribution in [0.2, 0.25) is 0 Å². The number of phenolic OH excluding ortho intramolecular Hbond substituents is 4. The molecule has 12 nitrogen and oxygen atoms in total. The molecule has 2 unspecified atom stereocenters. The van der Waals surface area contributed by atoms with Crippen LogP contribution in [0.25, 0.3) is 0 Å². The summed E-state index contributed by atoms with van der Waals surface area (Å²) in [6.45, 7) is 12.7. The Labute approximate surface area is 256 Å². The summed E-state index contributed by atoms with van der Waals surface area (Å²) >= 11 is 0. The molecule has 10 N–H and O–H groups in total. The first kappa shape index (κ1) is 38.8. The van der Waals surface area contributed by atoms with E-state index in [9.17, 15) is 30.6 Å². The number of aliphatic hydroxyl groups excluding tert-OH is 2. The topological polar surface area (TPSA) is 220 Å². The van der Waals surface area contributed by atoms with Crippen LogP contribution in [0.3, 0.4) is 0 Å². The predicted octanol–water partition coefficient (Wildman–Crippen LogP) is 2.23. The van der Waals surface area contributed by atoms with Crippen LogP contribution >= 0.6 is 0 Å². The van der Waals surface area contributed by atoms with Gasteiger partial charge >= 0.3 is 48.1 Å². The maximum absolute atomic E-state index is 9.85. The van der Waals surface area contributed by atoms with Crippen molar-refractivity contribution in [2.75, 3.05) is 13.1 Å². The molecular formula is C24H42CaN2O10S. The molecular weight excluding hydrogens is 548 g/mol. The maximum atomic E-state index is 9.85. The van der Waals surface area contributed by atoms with Gasteiger partial charge in [0.1, 0.15) is 23.0 Å². The SMILES string of the molecule is CC(C)(C)NCC(O)c1cc(O)cc(O)c1.CC(C)(C)NCC(O)c1cc(O)cc(O)c1.O=S(=O)(O)O.[Ca+2].[H-].[H-]. The van der Waals surface area contributed by atoms with E-state index in [-0.39, 0.29) is 74.7 Å². The summed E-state index contributed by atoms with van der Waals surface area (Å²) in [4.78, 5) is 0. The van der Waals surface area contributed by atoms with Crippen LogP contribution in [0, 0.1) is 0 Å². The van der Waals surface area contributed by atoms with Crippen molar-refractivity contribution < 1.29 is 51.0 Å². The third-order valence-electron chi connectivity index (χ3n) is 4.27. The van der Waals surface area contributed by atoms with Crippen LogP contribution in [0.1, 0.15) is 67.7 Å². The minimum absolute atomic E-state index is 0. The molecule has 0 saturated carbocycles. The minimum Gasteiger partial charge on any atom is -1.00 e. The molecule has 0 amide bonds. The number of hydrogen-bond donors (Lipinski definition) is 10. The van der Waals surface area contributed by atoms with Crippen LogP contribution in [0.5, 0.6) is 23.0 Å². The maximum Gasteiger partial charge on any atom is 2.00 e. The largest absolute Gasteiger partial charge is 2.00 e. The summed E-state index contributed by atoms with van der Waals surface area (Å²) in [7, 11) is -4.67. The fourth-order valence-corrected chi connectivity index (χ4v) is 2.66. The number of nitrogens with one attached hydrogen (secondary N) is 2.